The molecule has 3 atom stereocenters. The molecule has 0 saturated heterocycles. The summed E-state index contributed by atoms with van der Waals surface area (Å²) >= 11 is 1.27. The van der Waals surface area contributed by atoms with Gasteiger partial charge in [0.25, 0.3) is 0 Å². The molecule has 0 heterocycles. The van der Waals surface area contributed by atoms with Crippen molar-refractivity contribution in [3.05, 3.63) is 12.2 Å². The molecule has 0 aromatic carbocycles. The normalized spacial score (nSPS) is 38.7. The van der Waals surface area contributed by atoms with Crippen molar-refractivity contribution in [1.82, 2.24) is 0 Å². The van der Waals surface area contributed by atoms with E-state index in [9.17, 15) is 14.7 Å². The Bertz CT molecular complexity index is 418. The van der Waals surface area contributed by atoms with Crippen LogP contribution in [0.3, 0.4) is 0 Å². The fraction of sp³-hybridized carbons (Fsp3) is 0.733. The third kappa shape index (κ3) is 2.40. The maximum atomic E-state index is 12.1. The predicted molar refractivity (Wildman–Crippen MR) is 76.9 cm³/mol. The molecule has 106 valence electrons. The average molecular weight is 282 g/mol. The Labute approximate surface area is 118 Å². The molecule has 0 spiro atoms. The molecule has 2 rings (SSSR count). The molecule has 0 radical (unpaired) electrons. The monoisotopic (exact) mass is 282 g/mol. The smallest absolute Gasteiger partial charge is 0.211 e. The molecule has 0 amide bonds. The minimum Gasteiger partial charge on any atom is -0.388 e. The van der Waals surface area contributed by atoms with Crippen LogP contribution in [0.5, 0.6) is 0 Å². The summed E-state index contributed by atoms with van der Waals surface area (Å²) in [7, 11) is 0. The second kappa shape index (κ2) is 5.41. The van der Waals surface area contributed by atoms with Gasteiger partial charge in [-0.2, -0.15) is 0 Å². The van der Waals surface area contributed by atoms with Gasteiger partial charge in [-0.1, -0.05) is 31.2 Å². The van der Waals surface area contributed by atoms with Gasteiger partial charge in [-0.05, 0) is 38.0 Å². The first-order valence-electron chi connectivity index (χ1n) is 7.04. The summed E-state index contributed by atoms with van der Waals surface area (Å²) in [5.74, 6) is 0.871. The van der Waals surface area contributed by atoms with Crippen molar-refractivity contribution in [3.63, 3.8) is 0 Å². The number of carbonyl (C=O) groups is 2. The first-order valence-corrected chi connectivity index (χ1v) is 8.03. The van der Waals surface area contributed by atoms with Crippen molar-refractivity contribution in [3.8, 4) is 0 Å². The summed E-state index contributed by atoms with van der Waals surface area (Å²) in [6.45, 7) is 3.84. The van der Waals surface area contributed by atoms with E-state index in [4.69, 9.17) is 0 Å². The first-order chi connectivity index (χ1) is 8.94. The molecule has 3 nitrogen and oxygen atoms in total. The summed E-state index contributed by atoms with van der Waals surface area (Å²) < 4.78 is 0. The largest absolute Gasteiger partial charge is 0.388 e. The average Bonchev–Trinajstić information content (AvgIpc) is 2.61. The summed E-state index contributed by atoms with van der Waals surface area (Å²) in [5.41, 5.74) is -1.56. The van der Waals surface area contributed by atoms with E-state index in [1.807, 2.05) is 19.9 Å². The third-order valence-corrected chi connectivity index (χ3v) is 5.57. The number of fused-ring (bicyclic) bond motifs is 1. The molecular weight excluding hydrogens is 260 g/mol. The Kier molecular flexibility index (Phi) is 4.21. The lowest BCUT2D eigenvalue weighted by Crippen LogP contribution is -2.53. The fourth-order valence-electron chi connectivity index (χ4n) is 3.60. The van der Waals surface area contributed by atoms with Crippen LogP contribution in [-0.2, 0) is 9.59 Å². The highest BCUT2D eigenvalue weighted by molar-refractivity contribution is 8.14. The second-order valence-electron chi connectivity index (χ2n) is 5.79. The first kappa shape index (κ1) is 14.8. The van der Waals surface area contributed by atoms with Gasteiger partial charge < -0.3 is 5.11 Å². The van der Waals surface area contributed by atoms with Gasteiger partial charge in [0.2, 0.25) is 5.12 Å². The van der Waals surface area contributed by atoms with Gasteiger partial charge >= 0.3 is 0 Å². The number of rotatable bonds is 3. The highest BCUT2D eigenvalue weighted by Crippen LogP contribution is 2.55. The lowest BCUT2D eigenvalue weighted by atomic mass is 9.61. The van der Waals surface area contributed by atoms with E-state index in [0.717, 1.165) is 25.0 Å². The molecular formula is C15H22O3S. The molecule has 4 heteroatoms. The van der Waals surface area contributed by atoms with Crippen LogP contribution in [0.4, 0.5) is 0 Å². The number of hydrogen-bond acceptors (Lipinski definition) is 4. The van der Waals surface area contributed by atoms with Crippen LogP contribution in [0.1, 0.15) is 46.0 Å². The number of ketones is 1. The maximum absolute atomic E-state index is 12.1. The predicted octanol–water partition coefficient (Wildman–Crippen LogP) is 2.72. The number of hydrogen-bond donors (Lipinski definition) is 1. The van der Waals surface area contributed by atoms with Crippen LogP contribution in [0.2, 0.25) is 0 Å². The summed E-state index contributed by atoms with van der Waals surface area (Å²) in [6.07, 6.45) is 6.98. The van der Waals surface area contributed by atoms with Crippen molar-refractivity contribution >= 4 is 22.7 Å². The van der Waals surface area contributed by atoms with E-state index in [1.54, 1.807) is 6.08 Å². The molecule has 0 bridgehead atoms. The minimum absolute atomic E-state index is 0.0303. The molecule has 0 aromatic rings. The maximum Gasteiger partial charge on any atom is 0.211 e. The molecule has 2 aliphatic rings. The summed E-state index contributed by atoms with van der Waals surface area (Å²) in [4.78, 5) is 23.6. The van der Waals surface area contributed by atoms with Gasteiger partial charge in [-0.15, -0.1) is 0 Å². The van der Waals surface area contributed by atoms with Gasteiger partial charge in [0.15, 0.2) is 0 Å². The topological polar surface area (TPSA) is 54.4 Å². The van der Waals surface area contributed by atoms with Crippen LogP contribution >= 0.6 is 11.8 Å². The van der Waals surface area contributed by atoms with Gasteiger partial charge in [0.05, 0.1) is 11.0 Å². The van der Waals surface area contributed by atoms with E-state index in [2.05, 4.69) is 0 Å². The molecule has 2 aliphatic carbocycles. The van der Waals surface area contributed by atoms with E-state index in [-0.39, 0.29) is 16.8 Å². The molecule has 2 saturated carbocycles. The van der Waals surface area contributed by atoms with E-state index >= 15 is 0 Å². The highest BCUT2D eigenvalue weighted by Gasteiger charge is 2.60. The molecule has 19 heavy (non-hydrogen) atoms. The van der Waals surface area contributed by atoms with Crippen molar-refractivity contribution in [2.75, 3.05) is 5.75 Å². The zero-order valence-corrected chi connectivity index (χ0v) is 12.5. The number of aliphatic hydroxyl groups is 1. The van der Waals surface area contributed by atoms with Gasteiger partial charge in [-0.3, -0.25) is 9.59 Å². The van der Waals surface area contributed by atoms with Gasteiger partial charge in [-0.25, -0.2) is 0 Å². The molecule has 0 aromatic heterocycles. The standard InChI is InChI=1S/C15H22O3S/c1-3-19-13(17)7-6-11-5-4-9-14(2)12(16)8-10-15(11,14)18/h6-7,11,18H,3-5,8-10H2,1-2H3/b7-6+/t11-,14-,15+/m0/s1. The van der Waals surface area contributed by atoms with Crippen LogP contribution < -0.4 is 0 Å². The Morgan fingerprint density at radius 2 is 2.26 bits per heavy atom. The second-order valence-corrected chi connectivity index (χ2v) is 7.06. The van der Waals surface area contributed by atoms with Gasteiger partial charge in [0.1, 0.15) is 5.78 Å². The molecule has 1 N–H and O–H groups in total. The summed E-state index contributed by atoms with van der Waals surface area (Å²) in [5, 5.41) is 11.0. The zero-order chi connectivity index (χ0) is 14.1. The van der Waals surface area contributed by atoms with E-state index in [1.165, 1.54) is 11.8 Å². The Balaban J connectivity index is 2.18. The zero-order valence-electron chi connectivity index (χ0n) is 11.6. The van der Waals surface area contributed by atoms with E-state index in [0.29, 0.717) is 12.8 Å². The van der Waals surface area contributed by atoms with Crippen molar-refractivity contribution < 1.29 is 14.7 Å². The SMILES string of the molecule is CCSC(=O)/C=C/[C@@H]1CCC[C@@]2(C)C(=O)CC[C@@]12O. The Morgan fingerprint density at radius 3 is 2.95 bits per heavy atom. The lowest BCUT2D eigenvalue weighted by Gasteiger charge is -2.47. The van der Waals surface area contributed by atoms with Crippen LogP contribution in [-0.4, -0.2) is 27.4 Å². The summed E-state index contributed by atoms with van der Waals surface area (Å²) in [6, 6.07) is 0. The van der Waals surface area contributed by atoms with Crippen LogP contribution in [0, 0.1) is 11.3 Å². The van der Waals surface area contributed by atoms with Crippen molar-refractivity contribution in [2.24, 2.45) is 11.3 Å². The van der Waals surface area contributed by atoms with Crippen molar-refractivity contribution in [2.45, 2.75) is 51.6 Å². The number of carbonyl (C=O) groups excluding carboxylic acids is 2. The fourth-order valence-corrected chi connectivity index (χ4v) is 4.06. The third-order valence-electron chi connectivity index (χ3n) is 4.86. The number of Topliss-reactive ketones (excluding diaryl/α,β-unsaturated/α-hetero) is 1. The van der Waals surface area contributed by atoms with Gasteiger partial charge in [0, 0.05) is 12.3 Å². The molecule has 0 aliphatic heterocycles. The van der Waals surface area contributed by atoms with E-state index < -0.39 is 11.0 Å². The molecule has 2 fully saturated rings. The van der Waals surface area contributed by atoms with Crippen molar-refractivity contribution in [1.29, 1.82) is 0 Å². The van der Waals surface area contributed by atoms with Crippen LogP contribution in [0.25, 0.3) is 0 Å². The lowest BCUT2D eigenvalue weighted by molar-refractivity contribution is -0.146. The molecule has 0 unspecified atom stereocenters. The Hall–Kier alpha value is -0.610. The highest BCUT2D eigenvalue weighted by atomic mass is 32.2. The minimum atomic E-state index is -0.948. The Morgan fingerprint density at radius 1 is 1.53 bits per heavy atom. The van der Waals surface area contributed by atoms with Crippen LogP contribution in [0.15, 0.2) is 12.2 Å². The quantitative estimate of drug-likeness (QED) is 0.809. The number of thioether (sulfide) groups is 1.